The van der Waals surface area contributed by atoms with Crippen LogP contribution < -0.4 is 16.2 Å². The van der Waals surface area contributed by atoms with Gasteiger partial charge in [-0.15, -0.1) is 0 Å². The van der Waals surface area contributed by atoms with Crippen LogP contribution in [0.1, 0.15) is 67.0 Å². The second kappa shape index (κ2) is 12.3. The van der Waals surface area contributed by atoms with Crippen molar-refractivity contribution >= 4 is 28.9 Å². The van der Waals surface area contributed by atoms with Crippen LogP contribution >= 0.6 is 12.2 Å². The van der Waals surface area contributed by atoms with Gasteiger partial charge in [0.15, 0.2) is 10.9 Å². The molecule has 2 aromatic rings. The van der Waals surface area contributed by atoms with Crippen LogP contribution in [0, 0.1) is 13.8 Å². The molecule has 0 aliphatic carbocycles. The van der Waals surface area contributed by atoms with E-state index >= 15 is 0 Å². The number of thiocarbonyl (C=S) groups is 1. The number of amides is 1. The van der Waals surface area contributed by atoms with Crippen LogP contribution in [0.4, 0.5) is 5.69 Å². The molecule has 0 aliphatic rings. The Labute approximate surface area is 185 Å². The van der Waals surface area contributed by atoms with Crippen molar-refractivity contribution in [3.63, 3.8) is 0 Å². The van der Waals surface area contributed by atoms with Crippen molar-refractivity contribution in [2.24, 2.45) is 0 Å². The first-order chi connectivity index (χ1) is 14.4. The number of anilines is 1. The van der Waals surface area contributed by atoms with E-state index < -0.39 is 0 Å². The lowest BCUT2D eigenvalue weighted by Gasteiger charge is -2.20. The van der Waals surface area contributed by atoms with Gasteiger partial charge in [-0.1, -0.05) is 32.8 Å². The number of nitrogens with zero attached hydrogens (tertiary/aromatic N) is 1. The van der Waals surface area contributed by atoms with Gasteiger partial charge in [0.1, 0.15) is 5.76 Å². The molecule has 7 heteroatoms. The lowest BCUT2D eigenvalue weighted by atomic mass is 10.1. The molecule has 6 nitrogen and oxygen atoms in total. The fraction of sp³-hybridized carbons (Fsp3) is 0.478. The summed E-state index contributed by atoms with van der Waals surface area (Å²) in [7, 11) is 0. The number of hydrazine groups is 1. The van der Waals surface area contributed by atoms with E-state index in [1.54, 1.807) is 6.07 Å². The van der Waals surface area contributed by atoms with Gasteiger partial charge in [-0.05, 0) is 87.4 Å². The molecule has 0 spiro atoms. The van der Waals surface area contributed by atoms with Crippen LogP contribution in [-0.2, 0) is 6.54 Å². The maximum Gasteiger partial charge on any atom is 0.305 e. The molecule has 0 bridgehead atoms. The Morgan fingerprint density at radius 2 is 1.63 bits per heavy atom. The molecule has 1 amide bonds. The van der Waals surface area contributed by atoms with Gasteiger partial charge in [0.25, 0.3) is 0 Å². The molecule has 0 unspecified atom stereocenters. The number of furan rings is 1. The van der Waals surface area contributed by atoms with Crippen LogP contribution in [0.2, 0.25) is 0 Å². The average molecular weight is 431 g/mol. The zero-order valence-electron chi connectivity index (χ0n) is 18.5. The van der Waals surface area contributed by atoms with E-state index in [1.165, 1.54) is 0 Å². The van der Waals surface area contributed by atoms with E-state index in [-0.39, 0.29) is 11.7 Å². The van der Waals surface area contributed by atoms with Gasteiger partial charge in [-0.25, -0.2) is 0 Å². The molecule has 30 heavy (non-hydrogen) atoms. The molecule has 0 saturated heterocycles. The molecule has 0 atom stereocenters. The van der Waals surface area contributed by atoms with Crippen molar-refractivity contribution < 1.29 is 9.21 Å². The van der Waals surface area contributed by atoms with Crippen LogP contribution in [0.15, 0.2) is 34.7 Å². The minimum Gasteiger partial charge on any atom is -0.454 e. The first kappa shape index (κ1) is 23.9. The van der Waals surface area contributed by atoms with E-state index in [1.807, 2.05) is 32.0 Å². The fourth-order valence-electron chi connectivity index (χ4n) is 3.22. The molecule has 0 fully saturated rings. The summed E-state index contributed by atoms with van der Waals surface area (Å²) in [6.45, 7) is 11.2. The Balaban J connectivity index is 1.85. The first-order valence-corrected chi connectivity index (χ1v) is 11.1. The third kappa shape index (κ3) is 8.16. The summed E-state index contributed by atoms with van der Waals surface area (Å²) in [6.07, 6.45) is 4.64. The van der Waals surface area contributed by atoms with Crippen molar-refractivity contribution in [2.45, 2.75) is 59.9 Å². The minimum absolute atomic E-state index is 0.262. The molecule has 164 valence electrons. The standard InChI is InChI=1S/C23H34N4O2S/c1-5-7-11-27(12-8-6-2)16-20-9-10-21(29-20)22(28)25-26-23(30)24-19-14-17(3)13-18(4)15-19/h9-10,13-15H,5-8,11-12,16H2,1-4H3,(H,25,28)(H2,24,26,30). The number of carbonyl (C=O) groups is 1. The minimum atomic E-state index is -0.362. The number of rotatable bonds is 10. The van der Waals surface area contributed by atoms with E-state index in [0.717, 1.165) is 61.3 Å². The first-order valence-electron chi connectivity index (χ1n) is 10.7. The number of hydrogen-bond acceptors (Lipinski definition) is 4. The molecule has 1 aromatic carbocycles. The normalized spacial score (nSPS) is 10.8. The maximum atomic E-state index is 12.4. The number of carbonyl (C=O) groups excluding carboxylic acids is 1. The third-order valence-electron chi connectivity index (χ3n) is 4.69. The van der Waals surface area contributed by atoms with Gasteiger partial charge in [0.2, 0.25) is 0 Å². The van der Waals surface area contributed by atoms with Crippen molar-refractivity contribution in [2.75, 3.05) is 18.4 Å². The summed E-state index contributed by atoms with van der Waals surface area (Å²) in [6, 6.07) is 9.63. The lowest BCUT2D eigenvalue weighted by molar-refractivity contribution is 0.0912. The van der Waals surface area contributed by atoms with Gasteiger partial charge in [0, 0.05) is 5.69 Å². The van der Waals surface area contributed by atoms with Gasteiger partial charge in [-0.3, -0.25) is 20.5 Å². The Bertz CT molecular complexity index is 806. The van der Waals surface area contributed by atoms with Crippen molar-refractivity contribution in [3.8, 4) is 0 Å². The van der Waals surface area contributed by atoms with Crippen molar-refractivity contribution in [3.05, 3.63) is 53.0 Å². The molecular weight excluding hydrogens is 396 g/mol. The number of unbranched alkanes of at least 4 members (excludes halogenated alkanes) is 2. The highest BCUT2D eigenvalue weighted by Gasteiger charge is 2.14. The van der Waals surface area contributed by atoms with E-state index in [0.29, 0.717) is 11.7 Å². The summed E-state index contributed by atoms with van der Waals surface area (Å²) in [4.78, 5) is 14.8. The highest BCUT2D eigenvalue weighted by Crippen LogP contribution is 2.14. The predicted molar refractivity (Wildman–Crippen MR) is 127 cm³/mol. The van der Waals surface area contributed by atoms with Gasteiger partial charge >= 0.3 is 5.91 Å². The Kier molecular flexibility index (Phi) is 9.83. The van der Waals surface area contributed by atoms with Crippen LogP contribution in [-0.4, -0.2) is 29.0 Å². The molecule has 2 rings (SSSR count). The fourth-order valence-corrected chi connectivity index (χ4v) is 3.39. The van der Waals surface area contributed by atoms with Crippen molar-refractivity contribution in [1.29, 1.82) is 0 Å². The van der Waals surface area contributed by atoms with Crippen LogP contribution in [0.5, 0.6) is 0 Å². The van der Waals surface area contributed by atoms with Gasteiger partial charge in [-0.2, -0.15) is 0 Å². The lowest BCUT2D eigenvalue weighted by Crippen LogP contribution is -2.43. The van der Waals surface area contributed by atoms with E-state index in [2.05, 4.69) is 41.0 Å². The SMILES string of the molecule is CCCCN(CCCC)Cc1ccc(C(=O)NNC(=S)Nc2cc(C)cc(C)c2)o1. The number of nitrogens with one attached hydrogen (secondary N) is 3. The summed E-state index contributed by atoms with van der Waals surface area (Å²) in [5.74, 6) is 0.695. The topological polar surface area (TPSA) is 69.5 Å². The second-order valence-corrected chi connectivity index (χ2v) is 8.07. The molecule has 3 N–H and O–H groups in total. The van der Waals surface area contributed by atoms with Crippen LogP contribution in [0.25, 0.3) is 0 Å². The maximum absolute atomic E-state index is 12.4. The average Bonchev–Trinajstić information content (AvgIpc) is 3.16. The summed E-state index contributed by atoms with van der Waals surface area (Å²) < 4.78 is 5.76. The summed E-state index contributed by atoms with van der Waals surface area (Å²) in [5.41, 5.74) is 8.46. The van der Waals surface area contributed by atoms with E-state index in [4.69, 9.17) is 16.6 Å². The number of hydrogen-bond donors (Lipinski definition) is 3. The predicted octanol–water partition coefficient (Wildman–Crippen LogP) is 4.93. The smallest absolute Gasteiger partial charge is 0.305 e. The number of aryl methyl sites for hydroxylation is 2. The van der Waals surface area contributed by atoms with Gasteiger partial charge < -0.3 is 9.73 Å². The zero-order valence-corrected chi connectivity index (χ0v) is 19.3. The summed E-state index contributed by atoms with van der Waals surface area (Å²) in [5, 5.41) is 3.38. The van der Waals surface area contributed by atoms with E-state index in [9.17, 15) is 4.79 Å². The quantitative estimate of drug-likeness (QED) is 0.367. The zero-order chi connectivity index (χ0) is 21.9. The molecule has 1 heterocycles. The monoisotopic (exact) mass is 430 g/mol. The second-order valence-electron chi connectivity index (χ2n) is 7.66. The number of benzene rings is 1. The summed E-state index contributed by atoms with van der Waals surface area (Å²) >= 11 is 5.26. The molecule has 1 aromatic heterocycles. The largest absolute Gasteiger partial charge is 0.454 e. The molecular formula is C23H34N4O2S. The third-order valence-corrected chi connectivity index (χ3v) is 4.89. The Morgan fingerprint density at radius 1 is 1.00 bits per heavy atom. The molecule has 0 aliphatic heterocycles. The van der Waals surface area contributed by atoms with Gasteiger partial charge in [0.05, 0.1) is 6.54 Å². The molecule has 0 radical (unpaired) electrons. The Hall–Kier alpha value is -2.38. The molecule has 0 saturated carbocycles. The van der Waals surface area contributed by atoms with Crippen LogP contribution in [0.3, 0.4) is 0 Å². The highest BCUT2D eigenvalue weighted by atomic mass is 32.1. The van der Waals surface area contributed by atoms with Crippen molar-refractivity contribution in [1.82, 2.24) is 15.8 Å². The highest BCUT2D eigenvalue weighted by molar-refractivity contribution is 7.80. The Morgan fingerprint density at radius 3 is 2.23 bits per heavy atom.